The summed E-state index contributed by atoms with van der Waals surface area (Å²) < 4.78 is 5.44. The standard InChI is InChI=1S/C13H15N3O.C2H6/c1-2-10-3-5-11(6-4-10)9-17-13-15-8-7-12(14)16-13;1-2/h3-8H,2,9H2,1H3,(H2,14,15,16);1-2H3. The highest BCUT2D eigenvalue weighted by atomic mass is 16.5. The molecule has 0 unspecified atom stereocenters. The van der Waals surface area contributed by atoms with E-state index in [1.165, 1.54) is 5.56 Å². The van der Waals surface area contributed by atoms with Crippen molar-refractivity contribution in [2.75, 3.05) is 5.73 Å². The summed E-state index contributed by atoms with van der Waals surface area (Å²) in [5.41, 5.74) is 7.94. The van der Waals surface area contributed by atoms with Gasteiger partial charge in [-0.15, -0.1) is 0 Å². The number of anilines is 1. The quantitative estimate of drug-likeness (QED) is 0.915. The minimum absolute atomic E-state index is 0.310. The SMILES string of the molecule is CC.CCc1ccc(COc2nccc(N)n2)cc1. The van der Waals surface area contributed by atoms with Crippen LogP contribution in [0.15, 0.2) is 36.5 Å². The molecule has 2 rings (SSSR count). The number of rotatable bonds is 4. The molecule has 0 spiro atoms. The second kappa shape index (κ2) is 8.08. The van der Waals surface area contributed by atoms with Gasteiger partial charge in [0.15, 0.2) is 0 Å². The lowest BCUT2D eigenvalue weighted by molar-refractivity contribution is 0.281. The minimum atomic E-state index is 0.310. The van der Waals surface area contributed by atoms with E-state index in [0.29, 0.717) is 18.4 Å². The number of benzene rings is 1. The Labute approximate surface area is 114 Å². The van der Waals surface area contributed by atoms with Crippen LogP contribution < -0.4 is 10.5 Å². The van der Waals surface area contributed by atoms with E-state index in [1.54, 1.807) is 12.3 Å². The molecule has 0 fully saturated rings. The third-order valence-electron chi connectivity index (χ3n) is 2.45. The summed E-state index contributed by atoms with van der Waals surface area (Å²) in [7, 11) is 0. The van der Waals surface area contributed by atoms with E-state index in [9.17, 15) is 0 Å². The van der Waals surface area contributed by atoms with Gasteiger partial charge in [0.25, 0.3) is 0 Å². The first-order chi connectivity index (χ1) is 9.28. The van der Waals surface area contributed by atoms with Crippen LogP contribution in [-0.2, 0) is 13.0 Å². The Morgan fingerprint density at radius 3 is 2.26 bits per heavy atom. The monoisotopic (exact) mass is 259 g/mol. The summed E-state index contributed by atoms with van der Waals surface area (Å²) in [5.74, 6) is 0.413. The van der Waals surface area contributed by atoms with Crippen molar-refractivity contribution in [2.45, 2.75) is 33.8 Å². The molecular formula is C15H21N3O. The van der Waals surface area contributed by atoms with Crippen molar-refractivity contribution in [1.29, 1.82) is 0 Å². The molecule has 0 amide bonds. The lowest BCUT2D eigenvalue weighted by Gasteiger charge is -2.05. The lowest BCUT2D eigenvalue weighted by Crippen LogP contribution is -2.01. The van der Waals surface area contributed by atoms with Gasteiger partial charge in [0.2, 0.25) is 0 Å². The van der Waals surface area contributed by atoms with Crippen LogP contribution in [0.4, 0.5) is 5.82 Å². The van der Waals surface area contributed by atoms with Crippen molar-refractivity contribution < 1.29 is 4.74 Å². The number of nitrogens with zero attached hydrogens (tertiary/aromatic N) is 2. The van der Waals surface area contributed by atoms with Crippen LogP contribution in [0, 0.1) is 0 Å². The number of ether oxygens (including phenoxy) is 1. The molecule has 0 aliphatic rings. The van der Waals surface area contributed by atoms with Crippen LogP contribution in [-0.4, -0.2) is 9.97 Å². The summed E-state index contributed by atoms with van der Waals surface area (Å²) in [6.07, 6.45) is 2.62. The number of nitrogen functional groups attached to an aromatic ring is 1. The highest BCUT2D eigenvalue weighted by Crippen LogP contribution is 2.09. The number of aryl methyl sites for hydroxylation is 1. The van der Waals surface area contributed by atoms with Crippen LogP contribution >= 0.6 is 0 Å². The molecule has 0 saturated carbocycles. The molecule has 4 nitrogen and oxygen atoms in total. The van der Waals surface area contributed by atoms with Crippen molar-refractivity contribution in [1.82, 2.24) is 9.97 Å². The van der Waals surface area contributed by atoms with E-state index in [0.717, 1.165) is 12.0 Å². The van der Waals surface area contributed by atoms with E-state index in [4.69, 9.17) is 10.5 Å². The second-order valence-corrected chi connectivity index (χ2v) is 3.72. The van der Waals surface area contributed by atoms with Gasteiger partial charge in [-0.05, 0) is 23.6 Å². The fourth-order valence-corrected chi connectivity index (χ4v) is 1.44. The Kier molecular flexibility index (Phi) is 6.36. The van der Waals surface area contributed by atoms with Crippen molar-refractivity contribution in [3.63, 3.8) is 0 Å². The Bertz CT molecular complexity index is 483. The third kappa shape index (κ3) is 4.95. The smallest absolute Gasteiger partial charge is 0.318 e. The van der Waals surface area contributed by atoms with Crippen molar-refractivity contribution in [2.24, 2.45) is 0 Å². The summed E-state index contributed by atoms with van der Waals surface area (Å²) in [5, 5.41) is 0. The highest BCUT2D eigenvalue weighted by molar-refractivity contribution is 5.27. The minimum Gasteiger partial charge on any atom is -0.459 e. The highest BCUT2D eigenvalue weighted by Gasteiger charge is 1.99. The van der Waals surface area contributed by atoms with Crippen LogP contribution in [0.25, 0.3) is 0 Å². The number of aromatic nitrogens is 2. The zero-order valence-corrected chi connectivity index (χ0v) is 11.8. The van der Waals surface area contributed by atoms with Crippen molar-refractivity contribution in [3.8, 4) is 6.01 Å². The van der Waals surface area contributed by atoms with Crippen LogP contribution in [0.1, 0.15) is 31.9 Å². The first-order valence-electron chi connectivity index (χ1n) is 6.57. The molecule has 0 atom stereocenters. The third-order valence-corrected chi connectivity index (χ3v) is 2.45. The van der Waals surface area contributed by atoms with Gasteiger partial charge in [-0.1, -0.05) is 45.0 Å². The molecule has 0 bridgehead atoms. The maximum absolute atomic E-state index is 5.53. The van der Waals surface area contributed by atoms with E-state index in [-0.39, 0.29) is 0 Å². The van der Waals surface area contributed by atoms with Gasteiger partial charge in [0.1, 0.15) is 12.4 Å². The van der Waals surface area contributed by atoms with Crippen LogP contribution in [0.5, 0.6) is 6.01 Å². The van der Waals surface area contributed by atoms with Crippen molar-refractivity contribution >= 4 is 5.82 Å². The van der Waals surface area contributed by atoms with Gasteiger partial charge < -0.3 is 10.5 Å². The largest absolute Gasteiger partial charge is 0.459 e. The maximum atomic E-state index is 5.53. The van der Waals surface area contributed by atoms with E-state index in [2.05, 4.69) is 29.0 Å². The van der Waals surface area contributed by atoms with Crippen LogP contribution in [0.2, 0.25) is 0 Å². The first-order valence-corrected chi connectivity index (χ1v) is 6.57. The van der Waals surface area contributed by atoms with Crippen LogP contribution in [0.3, 0.4) is 0 Å². The zero-order valence-electron chi connectivity index (χ0n) is 11.8. The molecule has 1 heterocycles. The number of nitrogens with two attached hydrogens (primary N) is 1. The van der Waals surface area contributed by atoms with Gasteiger partial charge in [0.05, 0.1) is 0 Å². The molecule has 4 heteroatoms. The average molecular weight is 259 g/mol. The molecule has 0 aliphatic heterocycles. The number of hydrogen-bond donors (Lipinski definition) is 1. The Hall–Kier alpha value is -2.10. The van der Waals surface area contributed by atoms with Crippen molar-refractivity contribution in [3.05, 3.63) is 47.7 Å². The Morgan fingerprint density at radius 1 is 1.05 bits per heavy atom. The van der Waals surface area contributed by atoms with Gasteiger partial charge in [-0.3, -0.25) is 0 Å². The normalized spacial score (nSPS) is 9.42. The van der Waals surface area contributed by atoms with E-state index >= 15 is 0 Å². The van der Waals surface area contributed by atoms with E-state index < -0.39 is 0 Å². The first kappa shape index (κ1) is 15.0. The topological polar surface area (TPSA) is 61.0 Å². The summed E-state index contributed by atoms with van der Waals surface area (Å²) in [6.45, 7) is 6.58. The van der Waals surface area contributed by atoms with E-state index in [1.807, 2.05) is 26.0 Å². The molecule has 0 aliphatic carbocycles. The Balaban J connectivity index is 0.000000861. The molecule has 0 radical (unpaired) electrons. The predicted octanol–water partition coefficient (Wildman–Crippen LogP) is 3.23. The lowest BCUT2D eigenvalue weighted by atomic mass is 10.1. The molecule has 19 heavy (non-hydrogen) atoms. The summed E-state index contributed by atoms with van der Waals surface area (Å²) in [4.78, 5) is 7.94. The maximum Gasteiger partial charge on any atom is 0.318 e. The average Bonchev–Trinajstić information content (AvgIpc) is 2.48. The summed E-state index contributed by atoms with van der Waals surface area (Å²) in [6, 6.07) is 10.2. The molecule has 1 aromatic heterocycles. The fourth-order valence-electron chi connectivity index (χ4n) is 1.44. The molecule has 1 aromatic carbocycles. The van der Waals surface area contributed by atoms with Gasteiger partial charge in [0, 0.05) is 6.20 Å². The molecule has 102 valence electrons. The van der Waals surface area contributed by atoms with Gasteiger partial charge in [-0.25, -0.2) is 4.98 Å². The Morgan fingerprint density at radius 2 is 1.68 bits per heavy atom. The second-order valence-electron chi connectivity index (χ2n) is 3.72. The predicted molar refractivity (Wildman–Crippen MR) is 77.9 cm³/mol. The molecule has 0 saturated heterocycles. The molecular weight excluding hydrogens is 238 g/mol. The number of hydrogen-bond acceptors (Lipinski definition) is 4. The summed E-state index contributed by atoms with van der Waals surface area (Å²) >= 11 is 0. The van der Waals surface area contributed by atoms with Gasteiger partial charge in [-0.2, -0.15) is 4.98 Å². The van der Waals surface area contributed by atoms with Gasteiger partial charge >= 0.3 is 6.01 Å². The molecule has 2 N–H and O–H groups in total. The zero-order chi connectivity index (χ0) is 14.1. The molecule has 2 aromatic rings. The fraction of sp³-hybridized carbons (Fsp3) is 0.333.